The van der Waals surface area contributed by atoms with Crippen LogP contribution in [0.5, 0.6) is 0 Å². The van der Waals surface area contributed by atoms with Crippen molar-refractivity contribution in [1.82, 2.24) is 20.1 Å². The first-order chi connectivity index (χ1) is 10.2. The minimum absolute atomic E-state index is 0.0239. The highest BCUT2D eigenvalue weighted by Gasteiger charge is 2.11. The van der Waals surface area contributed by atoms with E-state index in [4.69, 9.17) is 4.52 Å². The quantitative estimate of drug-likeness (QED) is 0.438. The number of rotatable bonds is 5. The molecule has 0 bridgehead atoms. The standard InChI is InChI=1S/C12H9N5O3S/c18-17(19)9-3-1-8(2-4-9)11-15-10(20-16-11)7-21-12-13-5-6-14-12/h1-6H,7H2,(H,13,14). The van der Waals surface area contributed by atoms with Crippen LogP contribution in [0.25, 0.3) is 11.4 Å². The number of non-ortho nitro benzene ring substituents is 1. The fourth-order valence-electron chi connectivity index (χ4n) is 1.62. The molecule has 0 aliphatic heterocycles. The molecule has 8 nitrogen and oxygen atoms in total. The van der Waals surface area contributed by atoms with Crippen LogP contribution < -0.4 is 0 Å². The maximum absolute atomic E-state index is 10.6. The van der Waals surface area contributed by atoms with E-state index in [1.807, 2.05) is 0 Å². The second kappa shape index (κ2) is 5.75. The van der Waals surface area contributed by atoms with Crippen LogP contribution in [0.15, 0.2) is 46.3 Å². The molecule has 0 atom stereocenters. The van der Waals surface area contributed by atoms with Crippen LogP contribution >= 0.6 is 11.8 Å². The largest absolute Gasteiger partial charge is 0.340 e. The molecule has 0 amide bonds. The Balaban J connectivity index is 1.70. The molecular weight excluding hydrogens is 294 g/mol. The Morgan fingerprint density at radius 1 is 1.33 bits per heavy atom. The molecule has 3 aromatic rings. The monoisotopic (exact) mass is 303 g/mol. The number of hydrogen-bond acceptors (Lipinski definition) is 7. The summed E-state index contributed by atoms with van der Waals surface area (Å²) in [6.45, 7) is 0. The number of imidazole rings is 1. The third-order valence-electron chi connectivity index (χ3n) is 2.61. The number of H-pyrrole nitrogens is 1. The van der Waals surface area contributed by atoms with Gasteiger partial charge in [-0.05, 0) is 12.1 Å². The fraction of sp³-hybridized carbons (Fsp3) is 0.0833. The van der Waals surface area contributed by atoms with E-state index in [0.717, 1.165) is 5.16 Å². The average molecular weight is 303 g/mol. The first-order valence-electron chi connectivity index (χ1n) is 5.92. The van der Waals surface area contributed by atoms with Crippen molar-refractivity contribution < 1.29 is 9.45 Å². The average Bonchev–Trinajstić information content (AvgIpc) is 3.17. The lowest BCUT2D eigenvalue weighted by molar-refractivity contribution is -0.384. The third kappa shape index (κ3) is 3.08. The number of nitrogens with zero attached hydrogens (tertiary/aromatic N) is 4. The zero-order chi connectivity index (χ0) is 14.7. The molecule has 0 saturated heterocycles. The number of aromatic amines is 1. The zero-order valence-electron chi connectivity index (χ0n) is 10.6. The molecule has 21 heavy (non-hydrogen) atoms. The van der Waals surface area contributed by atoms with Gasteiger partial charge in [-0.1, -0.05) is 16.9 Å². The van der Waals surface area contributed by atoms with Crippen LogP contribution in [0.2, 0.25) is 0 Å². The highest BCUT2D eigenvalue weighted by Crippen LogP contribution is 2.22. The predicted octanol–water partition coefficient (Wildman–Crippen LogP) is 2.66. The maximum Gasteiger partial charge on any atom is 0.269 e. The highest BCUT2D eigenvalue weighted by atomic mass is 32.2. The summed E-state index contributed by atoms with van der Waals surface area (Å²) >= 11 is 1.44. The second-order valence-corrected chi connectivity index (χ2v) is 4.96. The molecule has 0 fully saturated rings. The minimum atomic E-state index is -0.453. The molecule has 0 unspecified atom stereocenters. The highest BCUT2D eigenvalue weighted by molar-refractivity contribution is 7.98. The van der Waals surface area contributed by atoms with Crippen molar-refractivity contribution >= 4 is 17.4 Å². The van der Waals surface area contributed by atoms with Crippen molar-refractivity contribution in [2.75, 3.05) is 0 Å². The fourth-order valence-corrected chi connectivity index (χ4v) is 2.29. The molecule has 1 N–H and O–H groups in total. The number of hydrogen-bond donors (Lipinski definition) is 1. The number of aromatic nitrogens is 4. The molecule has 0 spiro atoms. The molecule has 0 aliphatic carbocycles. The van der Waals surface area contributed by atoms with Gasteiger partial charge in [0, 0.05) is 30.1 Å². The van der Waals surface area contributed by atoms with Crippen molar-refractivity contribution in [1.29, 1.82) is 0 Å². The molecule has 106 valence electrons. The van der Waals surface area contributed by atoms with Crippen LogP contribution in [0, 0.1) is 10.1 Å². The summed E-state index contributed by atoms with van der Waals surface area (Å²) in [5.74, 6) is 1.36. The zero-order valence-corrected chi connectivity index (χ0v) is 11.4. The number of nitro benzene ring substituents is 1. The van der Waals surface area contributed by atoms with Gasteiger partial charge in [0.2, 0.25) is 11.7 Å². The smallest absolute Gasteiger partial charge is 0.269 e. The van der Waals surface area contributed by atoms with Crippen LogP contribution in [0.4, 0.5) is 5.69 Å². The Hall–Kier alpha value is -2.68. The molecular formula is C12H9N5O3S. The van der Waals surface area contributed by atoms with E-state index < -0.39 is 4.92 Å². The SMILES string of the molecule is O=[N+]([O-])c1ccc(-c2noc(CSc3ncc[nH]3)n2)cc1. The third-order valence-corrected chi connectivity index (χ3v) is 3.50. The molecule has 9 heteroatoms. The lowest BCUT2D eigenvalue weighted by Crippen LogP contribution is -1.88. The van der Waals surface area contributed by atoms with E-state index >= 15 is 0 Å². The summed E-state index contributed by atoms with van der Waals surface area (Å²) in [5, 5.41) is 15.2. The van der Waals surface area contributed by atoms with Gasteiger partial charge in [-0.25, -0.2) is 4.98 Å². The molecule has 3 rings (SSSR count). The Bertz CT molecular complexity index is 739. The Morgan fingerprint density at radius 2 is 2.14 bits per heavy atom. The van der Waals surface area contributed by atoms with Gasteiger partial charge in [-0.2, -0.15) is 4.98 Å². The number of benzene rings is 1. The summed E-state index contributed by atoms with van der Waals surface area (Å²) in [6.07, 6.45) is 3.40. The van der Waals surface area contributed by atoms with E-state index in [1.165, 1.54) is 23.9 Å². The van der Waals surface area contributed by atoms with E-state index in [2.05, 4.69) is 20.1 Å². The molecule has 2 heterocycles. The van der Waals surface area contributed by atoms with Crippen molar-refractivity contribution in [3.05, 3.63) is 52.7 Å². The van der Waals surface area contributed by atoms with Crippen molar-refractivity contribution in [3.63, 3.8) is 0 Å². The number of nitro groups is 1. The Kier molecular flexibility index (Phi) is 3.65. The molecule has 0 aliphatic rings. The van der Waals surface area contributed by atoms with Gasteiger partial charge in [0.05, 0.1) is 10.7 Å². The van der Waals surface area contributed by atoms with Crippen molar-refractivity contribution in [3.8, 4) is 11.4 Å². The lowest BCUT2D eigenvalue weighted by Gasteiger charge is -1.93. The van der Waals surface area contributed by atoms with E-state index in [0.29, 0.717) is 23.0 Å². The summed E-state index contributed by atoms with van der Waals surface area (Å²) in [4.78, 5) is 21.4. The van der Waals surface area contributed by atoms with Gasteiger partial charge in [0.15, 0.2) is 5.16 Å². The molecule has 0 radical (unpaired) electrons. The summed E-state index contributed by atoms with van der Waals surface area (Å²) in [7, 11) is 0. The van der Waals surface area contributed by atoms with Gasteiger partial charge in [0.1, 0.15) is 0 Å². The van der Waals surface area contributed by atoms with Crippen molar-refractivity contribution in [2.45, 2.75) is 10.9 Å². The van der Waals surface area contributed by atoms with Crippen LogP contribution in [0.1, 0.15) is 5.89 Å². The molecule has 1 aromatic carbocycles. The lowest BCUT2D eigenvalue weighted by atomic mass is 10.2. The van der Waals surface area contributed by atoms with Crippen LogP contribution in [-0.2, 0) is 5.75 Å². The summed E-state index contributed by atoms with van der Waals surface area (Å²) in [5.41, 5.74) is 0.689. The molecule has 0 saturated carbocycles. The van der Waals surface area contributed by atoms with Crippen LogP contribution in [0.3, 0.4) is 0 Å². The van der Waals surface area contributed by atoms with E-state index in [-0.39, 0.29) is 5.69 Å². The second-order valence-electron chi connectivity index (χ2n) is 4.00. The van der Waals surface area contributed by atoms with E-state index in [9.17, 15) is 10.1 Å². The Morgan fingerprint density at radius 3 is 2.81 bits per heavy atom. The van der Waals surface area contributed by atoms with Gasteiger partial charge in [0.25, 0.3) is 5.69 Å². The van der Waals surface area contributed by atoms with Crippen molar-refractivity contribution in [2.24, 2.45) is 0 Å². The number of nitrogens with one attached hydrogen (secondary N) is 1. The first kappa shape index (κ1) is 13.3. The summed E-state index contributed by atoms with van der Waals surface area (Å²) < 4.78 is 5.14. The van der Waals surface area contributed by atoms with Crippen LogP contribution in [-0.4, -0.2) is 25.0 Å². The van der Waals surface area contributed by atoms with Gasteiger partial charge in [-0.3, -0.25) is 10.1 Å². The van der Waals surface area contributed by atoms with Gasteiger partial charge in [-0.15, -0.1) is 0 Å². The van der Waals surface area contributed by atoms with E-state index in [1.54, 1.807) is 24.5 Å². The summed E-state index contributed by atoms with van der Waals surface area (Å²) in [6, 6.07) is 5.99. The first-order valence-corrected chi connectivity index (χ1v) is 6.90. The topological polar surface area (TPSA) is 111 Å². The maximum atomic E-state index is 10.6. The van der Waals surface area contributed by atoms with Gasteiger partial charge >= 0.3 is 0 Å². The normalized spacial score (nSPS) is 10.7. The number of thioether (sulfide) groups is 1. The molecule has 2 aromatic heterocycles. The minimum Gasteiger partial charge on any atom is -0.340 e. The Labute approximate surface area is 122 Å². The predicted molar refractivity (Wildman–Crippen MR) is 74.5 cm³/mol. The van der Waals surface area contributed by atoms with Gasteiger partial charge < -0.3 is 9.51 Å².